The van der Waals surface area contributed by atoms with Gasteiger partial charge in [-0.15, -0.1) is 0 Å². The third-order valence-electron chi connectivity index (χ3n) is 6.21. The number of carbonyl (C=O) groups is 1. The van der Waals surface area contributed by atoms with Crippen molar-refractivity contribution in [2.75, 3.05) is 55.5 Å². The number of nitrogens with one attached hydrogen (secondary N) is 1. The Bertz CT molecular complexity index is 820. The highest BCUT2D eigenvalue weighted by Gasteiger charge is 2.36. The molecule has 4 aliphatic heterocycles. The summed E-state index contributed by atoms with van der Waals surface area (Å²) in [5.74, 6) is 1.76. The minimum atomic E-state index is -1.05. The van der Waals surface area contributed by atoms with Crippen LogP contribution in [0, 0.1) is 5.92 Å². The van der Waals surface area contributed by atoms with Crippen LogP contribution in [-0.2, 0) is 36.2 Å². The lowest BCUT2D eigenvalue weighted by atomic mass is 10.0. The van der Waals surface area contributed by atoms with Crippen LogP contribution in [0.3, 0.4) is 0 Å². The van der Waals surface area contributed by atoms with Crippen molar-refractivity contribution in [3.63, 3.8) is 0 Å². The normalized spacial score (nSPS) is 25.6. The van der Waals surface area contributed by atoms with Gasteiger partial charge in [0.15, 0.2) is 0 Å². The van der Waals surface area contributed by atoms with Crippen molar-refractivity contribution in [3.05, 3.63) is 5.69 Å². The zero-order valence-corrected chi connectivity index (χ0v) is 17.8. The van der Waals surface area contributed by atoms with Crippen LogP contribution in [0.15, 0.2) is 4.90 Å². The first-order valence-corrected chi connectivity index (χ1v) is 12.2. The molecule has 1 aromatic rings. The quantitative estimate of drug-likeness (QED) is 0.674. The Labute approximate surface area is 178 Å². The zero-order chi connectivity index (χ0) is 20.5. The molecule has 4 aliphatic rings. The highest BCUT2D eigenvalue weighted by molar-refractivity contribution is 7.85. The van der Waals surface area contributed by atoms with E-state index < -0.39 is 10.8 Å². The SMILES string of the molecule is O=C(OC1CN(c2nc3c(c(NC4CCOCC4)n2)S(=O)CC3)C1)C1CCOCC1. The molecule has 1 N–H and O–H groups in total. The number of esters is 1. The largest absolute Gasteiger partial charge is 0.458 e. The standard InChI is InChI=1S/C20H28N4O5S/c25-19(13-1-6-27-7-2-13)29-15-11-24(12-15)20-22-16-5-10-30(26)17(16)18(23-20)21-14-3-8-28-9-4-14/h13-15H,1-12H2,(H,21,22,23). The molecular formula is C20H28N4O5S. The Morgan fingerprint density at radius 2 is 1.77 bits per heavy atom. The Morgan fingerprint density at radius 3 is 2.50 bits per heavy atom. The number of fused-ring (bicyclic) bond motifs is 1. The molecule has 0 bridgehead atoms. The molecule has 164 valence electrons. The maximum absolute atomic E-state index is 12.5. The minimum Gasteiger partial charge on any atom is -0.458 e. The molecule has 0 amide bonds. The maximum Gasteiger partial charge on any atom is 0.309 e. The van der Waals surface area contributed by atoms with Crippen LogP contribution in [-0.4, -0.2) is 77.6 Å². The number of hydrogen-bond acceptors (Lipinski definition) is 9. The van der Waals surface area contributed by atoms with Gasteiger partial charge in [0.05, 0.1) is 35.5 Å². The highest BCUT2D eigenvalue weighted by Crippen LogP contribution is 2.32. The van der Waals surface area contributed by atoms with E-state index >= 15 is 0 Å². The zero-order valence-electron chi connectivity index (χ0n) is 17.0. The van der Waals surface area contributed by atoms with Crippen molar-refractivity contribution in [2.24, 2.45) is 5.92 Å². The van der Waals surface area contributed by atoms with E-state index in [0.29, 0.717) is 50.2 Å². The second-order valence-corrected chi connectivity index (χ2v) is 9.84. The summed E-state index contributed by atoms with van der Waals surface area (Å²) >= 11 is 0. The fourth-order valence-corrected chi connectivity index (χ4v) is 5.64. The summed E-state index contributed by atoms with van der Waals surface area (Å²) in [7, 11) is -1.05. The Balaban J connectivity index is 1.24. The molecule has 1 unspecified atom stereocenters. The van der Waals surface area contributed by atoms with E-state index in [9.17, 15) is 9.00 Å². The molecule has 5 heterocycles. The van der Waals surface area contributed by atoms with Crippen molar-refractivity contribution < 1.29 is 23.2 Å². The second-order valence-electron chi connectivity index (χ2n) is 8.33. The lowest BCUT2D eigenvalue weighted by Gasteiger charge is -2.39. The molecule has 9 nitrogen and oxygen atoms in total. The van der Waals surface area contributed by atoms with E-state index in [1.54, 1.807) is 0 Å². The van der Waals surface area contributed by atoms with Crippen molar-refractivity contribution >= 4 is 28.5 Å². The molecular weight excluding hydrogens is 408 g/mol. The van der Waals surface area contributed by atoms with Gasteiger partial charge in [0.2, 0.25) is 5.95 Å². The summed E-state index contributed by atoms with van der Waals surface area (Å²) in [6, 6.07) is 0.271. The van der Waals surface area contributed by atoms with Crippen LogP contribution in [0.5, 0.6) is 0 Å². The summed E-state index contributed by atoms with van der Waals surface area (Å²) in [5.41, 5.74) is 0.871. The van der Waals surface area contributed by atoms with Gasteiger partial charge in [-0.3, -0.25) is 9.00 Å². The van der Waals surface area contributed by atoms with Crippen LogP contribution in [0.25, 0.3) is 0 Å². The van der Waals surface area contributed by atoms with Crippen molar-refractivity contribution in [2.45, 2.75) is 49.1 Å². The third-order valence-corrected chi connectivity index (χ3v) is 7.67. The molecule has 5 rings (SSSR count). The van der Waals surface area contributed by atoms with Gasteiger partial charge in [-0.2, -0.15) is 4.98 Å². The molecule has 3 fully saturated rings. The topological polar surface area (TPSA) is 103 Å². The monoisotopic (exact) mass is 436 g/mol. The van der Waals surface area contributed by atoms with E-state index in [4.69, 9.17) is 19.2 Å². The van der Waals surface area contributed by atoms with E-state index in [-0.39, 0.29) is 24.0 Å². The molecule has 1 aromatic heterocycles. The van der Waals surface area contributed by atoms with Gasteiger partial charge in [0.1, 0.15) is 16.8 Å². The summed E-state index contributed by atoms with van der Waals surface area (Å²) in [6.45, 7) is 3.90. The molecule has 1 atom stereocenters. The number of anilines is 2. The number of aromatic nitrogens is 2. The minimum absolute atomic E-state index is 0.0469. The molecule has 0 radical (unpaired) electrons. The van der Waals surface area contributed by atoms with Gasteiger partial charge in [-0.25, -0.2) is 4.98 Å². The number of hydrogen-bond donors (Lipinski definition) is 1. The van der Waals surface area contributed by atoms with Crippen molar-refractivity contribution in [1.29, 1.82) is 0 Å². The summed E-state index contributed by atoms with van der Waals surface area (Å²) in [5, 5.41) is 3.49. The molecule has 10 heteroatoms. The predicted molar refractivity (Wildman–Crippen MR) is 110 cm³/mol. The molecule has 3 saturated heterocycles. The van der Waals surface area contributed by atoms with Gasteiger partial charge < -0.3 is 24.4 Å². The Kier molecular flexibility index (Phi) is 5.88. The number of carbonyl (C=O) groups excluding carboxylic acids is 1. The fraction of sp³-hybridized carbons (Fsp3) is 0.750. The lowest BCUT2D eigenvalue weighted by molar-refractivity contribution is -0.158. The molecule has 0 saturated carbocycles. The Hall–Kier alpha value is -1.78. The van der Waals surface area contributed by atoms with Crippen molar-refractivity contribution in [1.82, 2.24) is 9.97 Å². The van der Waals surface area contributed by atoms with E-state index in [1.807, 2.05) is 4.90 Å². The molecule has 0 aromatic carbocycles. The van der Waals surface area contributed by atoms with E-state index in [0.717, 1.165) is 49.5 Å². The second kappa shape index (κ2) is 8.76. The first kappa shape index (κ1) is 20.1. The maximum atomic E-state index is 12.5. The Morgan fingerprint density at radius 1 is 1.07 bits per heavy atom. The molecule has 0 spiro atoms. The summed E-state index contributed by atoms with van der Waals surface area (Å²) < 4.78 is 28.9. The van der Waals surface area contributed by atoms with Gasteiger partial charge in [0.25, 0.3) is 0 Å². The molecule has 30 heavy (non-hydrogen) atoms. The smallest absolute Gasteiger partial charge is 0.309 e. The van der Waals surface area contributed by atoms with Crippen molar-refractivity contribution in [3.8, 4) is 0 Å². The van der Waals surface area contributed by atoms with Gasteiger partial charge in [-0.05, 0) is 25.7 Å². The highest BCUT2D eigenvalue weighted by atomic mass is 32.2. The molecule has 0 aliphatic carbocycles. The van der Waals surface area contributed by atoms with Gasteiger partial charge in [-0.1, -0.05) is 0 Å². The number of nitrogens with zero attached hydrogens (tertiary/aromatic N) is 3. The number of rotatable bonds is 5. The van der Waals surface area contributed by atoms with Gasteiger partial charge >= 0.3 is 5.97 Å². The first-order valence-electron chi connectivity index (χ1n) is 10.8. The number of aryl methyl sites for hydroxylation is 1. The van der Waals surface area contributed by atoms with Crippen LogP contribution in [0.4, 0.5) is 11.8 Å². The summed E-state index contributed by atoms with van der Waals surface area (Å²) in [4.78, 5) is 24.5. The fourth-order valence-electron chi connectivity index (χ4n) is 4.33. The van der Waals surface area contributed by atoms with Crippen LogP contribution >= 0.6 is 0 Å². The summed E-state index contributed by atoms with van der Waals surface area (Å²) in [6.07, 6.45) is 3.88. The number of ether oxygens (including phenoxy) is 3. The van der Waals surface area contributed by atoms with Gasteiger partial charge in [0, 0.05) is 44.6 Å². The average molecular weight is 437 g/mol. The van der Waals surface area contributed by atoms with Crippen LogP contribution < -0.4 is 10.2 Å². The first-order chi connectivity index (χ1) is 14.7. The van der Waals surface area contributed by atoms with E-state index in [2.05, 4.69) is 10.3 Å². The average Bonchev–Trinajstić information content (AvgIpc) is 3.12. The van der Waals surface area contributed by atoms with Crippen LogP contribution in [0.1, 0.15) is 31.4 Å². The van der Waals surface area contributed by atoms with E-state index in [1.165, 1.54) is 0 Å². The predicted octanol–water partition coefficient (Wildman–Crippen LogP) is 0.890. The van der Waals surface area contributed by atoms with Crippen LogP contribution in [0.2, 0.25) is 0 Å². The third kappa shape index (κ3) is 4.17. The lowest BCUT2D eigenvalue weighted by Crippen LogP contribution is -2.54.